The van der Waals surface area contributed by atoms with Crippen molar-refractivity contribution < 1.29 is 9.90 Å². The molecular formula is C15H19Cl2NO2. The second-order valence-electron chi connectivity index (χ2n) is 5.31. The van der Waals surface area contributed by atoms with E-state index in [0.29, 0.717) is 34.0 Å². The molecule has 5 heteroatoms. The smallest absolute Gasteiger partial charge is 0.224 e. The van der Waals surface area contributed by atoms with E-state index in [0.717, 1.165) is 19.3 Å². The molecule has 2 atom stereocenters. The summed E-state index contributed by atoms with van der Waals surface area (Å²) in [7, 11) is 0. The number of nitrogens with one attached hydrogen (secondary N) is 1. The summed E-state index contributed by atoms with van der Waals surface area (Å²) in [6.07, 6.45) is 3.43. The van der Waals surface area contributed by atoms with Crippen molar-refractivity contribution in [3.05, 3.63) is 33.8 Å². The lowest BCUT2D eigenvalue weighted by Gasteiger charge is -2.18. The van der Waals surface area contributed by atoms with E-state index in [-0.39, 0.29) is 18.9 Å². The van der Waals surface area contributed by atoms with Crippen LogP contribution in [-0.2, 0) is 11.2 Å². The van der Waals surface area contributed by atoms with Crippen LogP contribution in [0.5, 0.6) is 0 Å². The van der Waals surface area contributed by atoms with Crippen LogP contribution in [0.1, 0.15) is 24.8 Å². The predicted molar refractivity (Wildman–Crippen MR) is 81.1 cm³/mol. The van der Waals surface area contributed by atoms with E-state index in [1.54, 1.807) is 18.2 Å². The molecule has 1 aromatic carbocycles. The molecule has 1 fully saturated rings. The first-order chi connectivity index (χ1) is 9.61. The second-order valence-corrected chi connectivity index (χ2v) is 6.13. The number of carbonyl (C=O) groups excluding carboxylic acids is 1. The molecule has 20 heavy (non-hydrogen) atoms. The highest BCUT2D eigenvalue weighted by molar-refractivity contribution is 6.36. The zero-order chi connectivity index (χ0) is 14.5. The van der Waals surface area contributed by atoms with E-state index in [4.69, 9.17) is 23.2 Å². The molecule has 2 rings (SSSR count). The number of aliphatic hydroxyl groups excluding tert-OH is 1. The minimum Gasteiger partial charge on any atom is -0.396 e. The van der Waals surface area contributed by atoms with Gasteiger partial charge in [-0.3, -0.25) is 4.79 Å². The van der Waals surface area contributed by atoms with Crippen LogP contribution in [0.2, 0.25) is 10.0 Å². The lowest BCUT2D eigenvalue weighted by molar-refractivity contribution is -0.120. The van der Waals surface area contributed by atoms with Crippen LogP contribution >= 0.6 is 23.2 Å². The Kier molecular flexibility index (Phi) is 5.70. The first-order valence-electron chi connectivity index (χ1n) is 6.92. The van der Waals surface area contributed by atoms with Gasteiger partial charge in [-0.15, -0.1) is 0 Å². The first-order valence-corrected chi connectivity index (χ1v) is 7.68. The summed E-state index contributed by atoms with van der Waals surface area (Å²) in [5.74, 6) is 0.619. The highest BCUT2D eigenvalue weighted by atomic mass is 35.5. The van der Waals surface area contributed by atoms with E-state index >= 15 is 0 Å². The number of hydrogen-bond donors (Lipinski definition) is 2. The number of hydrogen-bond acceptors (Lipinski definition) is 2. The molecule has 0 heterocycles. The topological polar surface area (TPSA) is 49.3 Å². The number of halogens is 2. The third kappa shape index (κ3) is 3.87. The molecule has 1 aliphatic rings. The van der Waals surface area contributed by atoms with E-state index in [1.165, 1.54) is 0 Å². The zero-order valence-corrected chi connectivity index (χ0v) is 12.8. The number of amides is 1. The van der Waals surface area contributed by atoms with Crippen LogP contribution in [0.15, 0.2) is 18.2 Å². The molecule has 0 aliphatic heterocycles. The third-order valence-electron chi connectivity index (χ3n) is 4.01. The number of rotatable bonds is 5. The standard InChI is InChI=1S/C15H19Cl2NO2/c16-13-5-2-6-14(17)12(13)7-15(20)18-8-10-3-1-4-11(10)9-19/h2,5-6,10-11,19H,1,3-4,7-9H2,(H,18,20). The molecule has 2 N–H and O–H groups in total. The SMILES string of the molecule is O=C(Cc1c(Cl)cccc1Cl)NCC1CCCC1CO. The summed E-state index contributed by atoms with van der Waals surface area (Å²) in [6.45, 7) is 0.822. The van der Waals surface area contributed by atoms with E-state index in [2.05, 4.69) is 5.32 Å². The van der Waals surface area contributed by atoms with Gasteiger partial charge in [-0.05, 0) is 42.4 Å². The molecule has 1 aliphatic carbocycles. The lowest BCUT2D eigenvalue weighted by Crippen LogP contribution is -2.32. The average molecular weight is 316 g/mol. The fourth-order valence-corrected chi connectivity index (χ4v) is 3.32. The molecule has 0 spiro atoms. The van der Waals surface area contributed by atoms with Gasteiger partial charge in [-0.25, -0.2) is 0 Å². The van der Waals surface area contributed by atoms with Crippen LogP contribution in [-0.4, -0.2) is 24.2 Å². The van der Waals surface area contributed by atoms with Gasteiger partial charge in [0.25, 0.3) is 0 Å². The minimum absolute atomic E-state index is 0.0800. The average Bonchev–Trinajstić information content (AvgIpc) is 2.88. The van der Waals surface area contributed by atoms with Crippen molar-refractivity contribution in [1.29, 1.82) is 0 Å². The third-order valence-corrected chi connectivity index (χ3v) is 4.72. The Morgan fingerprint density at radius 2 is 1.90 bits per heavy atom. The first kappa shape index (κ1) is 15.6. The van der Waals surface area contributed by atoms with Gasteiger partial charge in [-0.1, -0.05) is 35.7 Å². The van der Waals surface area contributed by atoms with Crippen LogP contribution in [0, 0.1) is 11.8 Å². The molecule has 0 aromatic heterocycles. The maximum Gasteiger partial charge on any atom is 0.224 e. The Bertz CT molecular complexity index is 459. The lowest BCUT2D eigenvalue weighted by atomic mass is 9.97. The Balaban J connectivity index is 1.87. The molecule has 2 unspecified atom stereocenters. The summed E-state index contributed by atoms with van der Waals surface area (Å²) in [6, 6.07) is 5.22. The van der Waals surface area contributed by atoms with Crippen molar-refractivity contribution >= 4 is 29.1 Å². The molecule has 3 nitrogen and oxygen atoms in total. The van der Waals surface area contributed by atoms with Gasteiger partial charge in [0.2, 0.25) is 5.91 Å². The molecule has 1 aromatic rings. The maximum atomic E-state index is 12.0. The largest absolute Gasteiger partial charge is 0.396 e. The molecule has 0 radical (unpaired) electrons. The van der Waals surface area contributed by atoms with Gasteiger partial charge >= 0.3 is 0 Å². The summed E-state index contributed by atoms with van der Waals surface area (Å²) >= 11 is 12.1. The van der Waals surface area contributed by atoms with Crippen LogP contribution in [0.3, 0.4) is 0 Å². The van der Waals surface area contributed by atoms with Gasteiger partial charge in [-0.2, -0.15) is 0 Å². The molecular weight excluding hydrogens is 297 g/mol. The van der Waals surface area contributed by atoms with E-state index < -0.39 is 0 Å². The predicted octanol–water partition coefficient (Wildman–Crippen LogP) is 3.06. The molecule has 1 saturated carbocycles. The quantitative estimate of drug-likeness (QED) is 0.877. The van der Waals surface area contributed by atoms with Crippen LogP contribution < -0.4 is 5.32 Å². The van der Waals surface area contributed by atoms with Crippen molar-refractivity contribution in [3.8, 4) is 0 Å². The van der Waals surface area contributed by atoms with Gasteiger partial charge in [0.1, 0.15) is 0 Å². The number of carbonyl (C=O) groups is 1. The van der Waals surface area contributed by atoms with Gasteiger partial charge in [0.15, 0.2) is 0 Å². The highest BCUT2D eigenvalue weighted by Crippen LogP contribution is 2.30. The summed E-state index contributed by atoms with van der Waals surface area (Å²) in [5.41, 5.74) is 0.665. The maximum absolute atomic E-state index is 12.0. The minimum atomic E-state index is -0.0800. The normalized spacial score (nSPS) is 21.9. The van der Waals surface area contributed by atoms with Crippen molar-refractivity contribution in [3.63, 3.8) is 0 Å². The van der Waals surface area contributed by atoms with Crippen LogP contribution in [0.25, 0.3) is 0 Å². The summed E-state index contributed by atoms with van der Waals surface area (Å²) in [5, 5.41) is 13.2. The highest BCUT2D eigenvalue weighted by Gasteiger charge is 2.26. The molecule has 1 amide bonds. The zero-order valence-electron chi connectivity index (χ0n) is 11.2. The van der Waals surface area contributed by atoms with Gasteiger partial charge in [0.05, 0.1) is 6.42 Å². The van der Waals surface area contributed by atoms with Gasteiger partial charge in [0, 0.05) is 23.2 Å². The second kappa shape index (κ2) is 7.30. The Hall–Kier alpha value is -0.770. The molecule has 0 saturated heterocycles. The van der Waals surface area contributed by atoms with Crippen molar-refractivity contribution in [2.24, 2.45) is 11.8 Å². The number of aliphatic hydroxyl groups is 1. The van der Waals surface area contributed by atoms with Crippen molar-refractivity contribution in [1.82, 2.24) is 5.32 Å². The van der Waals surface area contributed by atoms with Gasteiger partial charge < -0.3 is 10.4 Å². The fraction of sp³-hybridized carbons (Fsp3) is 0.533. The van der Waals surface area contributed by atoms with E-state index in [1.807, 2.05) is 0 Å². The van der Waals surface area contributed by atoms with Crippen LogP contribution in [0.4, 0.5) is 0 Å². The van der Waals surface area contributed by atoms with E-state index in [9.17, 15) is 9.90 Å². The number of benzene rings is 1. The fourth-order valence-electron chi connectivity index (χ4n) is 2.79. The Morgan fingerprint density at radius 1 is 1.25 bits per heavy atom. The Labute approximate surface area is 129 Å². The molecule has 0 bridgehead atoms. The summed E-state index contributed by atoms with van der Waals surface area (Å²) < 4.78 is 0. The molecule has 110 valence electrons. The van der Waals surface area contributed by atoms with Crippen molar-refractivity contribution in [2.75, 3.05) is 13.2 Å². The summed E-state index contributed by atoms with van der Waals surface area (Å²) in [4.78, 5) is 12.0. The monoisotopic (exact) mass is 315 g/mol. The van der Waals surface area contributed by atoms with Crippen molar-refractivity contribution in [2.45, 2.75) is 25.7 Å². The Morgan fingerprint density at radius 3 is 2.55 bits per heavy atom.